The van der Waals surface area contributed by atoms with Gasteiger partial charge in [-0.1, -0.05) is 25.1 Å². The number of nitro benzene ring substituents is 1. The summed E-state index contributed by atoms with van der Waals surface area (Å²) in [5, 5.41) is 10.6. The largest absolute Gasteiger partial charge is 0.445 e. The van der Waals surface area contributed by atoms with Gasteiger partial charge in [0.1, 0.15) is 6.26 Å². The Kier molecular flexibility index (Phi) is 4.84. The second kappa shape index (κ2) is 6.81. The minimum atomic E-state index is -0.423. The van der Waals surface area contributed by atoms with Gasteiger partial charge in [0.05, 0.1) is 16.7 Å². The highest BCUT2D eigenvalue weighted by Crippen LogP contribution is 2.18. The first-order valence-corrected chi connectivity index (χ1v) is 6.71. The molecule has 0 amide bonds. The average molecular weight is 287 g/mol. The number of allylic oxidation sites excluding steroid dienone is 1. The van der Waals surface area contributed by atoms with Crippen LogP contribution in [-0.2, 0) is 6.42 Å². The molecule has 0 aliphatic heterocycles. The number of nitrogens with zero attached hydrogens (tertiary/aromatic N) is 2. The van der Waals surface area contributed by atoms with E-state index in [1.807, 2.05) is 19.1 Å². The van der Waals surface area contributed by atoms with Gasteiger partial charge in [0.2, 0.25) is 5.89 Å². The maximum absolute atomic E-state index is 10.6. The van der Waals surface area contributed by atoms with Crippen molar-refractivity contribution in [3.05, 3.63) is 63.9 Å². The van der Waals surface area contributed by atoms with Gasteiger partial charge >= 0.3 is 0 Å². The first-order chi connectivity index (χ1) is 10.1. The molecular formula is C15H17N3O3. The topological polar surface area (TPSA) is 95.2 Å². The van der Waals surface area contributed by atoms with Gasteiger partial charge in [-0.2, -0.15) is 0 Å². The number of rotatable bonds is 6. The van der Waals surface area contributed by atoms with Crippen molar-refractivity contribution in [2.75, 3.05) is 0 Å². The molecule has 21 heavy (non-hydrogen) atoms. The van der Waals surface area contributed by atoms with E-state index < -0.39 is 4.92 Å². The van der Waals surface area contributed by atoms with Crippen LogP contribution in [0.3, 0.4) is 0 Å². The van der Waals surface area contributed by atoms with Gasteiger partial charge in [-0.3, -0.25) is 10.1 Å². The Balaban J connectivity index is 2.03. The van der Waals surface area contributed by atoms with Crippen LogP contribution in [0.1, 0.15) is 36.5 Å². The number of aromatic nitrogens is 1. The van der Waals surface area contributed by atoms with Crippen molar-refractivity contribution >= 4 is 11.8 Å². The zero-order valence-corrected chi connectivity index (χ0v) is 11.7. The van der Waals surface area contributed by atoms with E-state index in [-0.39, 0.29) is 11.7 Å². The Labute approximate surface area is 122 Å². The van der Waals surface area contributed by atoms with E-state index in [2.05, 4.69) is 4.98 Å². The minimum absolute atomic E-state index is 0.0701. The summed E-state index contributed by atoms with van der Waals surface area (Å²) in [6.45, 7) is 2.03. The summed E-state index contributed by atoms with van der Waals surface area (Å²) in [6.07, 6.45) is 6.76. The van der Waals surface area contributed by atoms with Gasteiger partial charge in [-0.15, -0.1) is 0 Å². The normalized spacial score (nSPS) is 12.7. The highest BCUT2D eigenvalue weighted by atomic mass is 16.6. The number of hydrogen-bond acceptors (Lipinski definition) is 5. The van der Waals surface area contributed by atoms with Crippen LogP contribution in [0.15, 0.2) is 41.0 Å². The summed E-state index contributed by atoms with van der Waals surface area (Å²) in [4.78, 5) is 14.5. The maximum Gasteiger partial charge on any atom is 0.269 e. The van der Waals surface area contributed by atoms with Gasteiger partial charge in [0, 0.05) is 12.1 Å². The van der Waals surface area contributed by atoms with Crippen LogP contribution in [0.25, 0.3) is 6.08 Å². The van der Waals surface area contributed by atoms with E-state index in [9.17, 15) is 10.1 Å². The molecule has 0 saturated carbocycles. The third kappa shape index (κ3) is 4.00. The molecule has 2 aromatic rings. The zero-order chi connectivity index (χ0) is 15.2. The molecule has 110 valence electrons. The smallest absolute Gasteiger partial charge is 0.269 e. The van der Waals surface area contributed by atoms with Crippen molar-refractivity contribution < 1.29 is 9.34 Å². The third-order valence-corrected chi connectivity index (χ3v) is 3.02. The zero-order valence-electron chi connectivity index (χ0n) is 11.7. The molecule has 0 fully saturated rings. The SMILES string of the molecule is CC/C=C/c1nc([C@@H](N)Cc2ccc([N+](=O)[O-])cc2)co1. The number of hydrogen-bond donors (Lipinski definition) is 1. The van der Waals surface area contributed by atoms with Crippen molar-refractivity contribution in [3.8, 4) is 0 Å². The number of nitrogens with two attached hydrogens (primary N) is 1. The van der Waals surface area contributed by atoms with Crippen LogP contribution in [-0.4, -0.2) is 9.91 Å². The monoisotopic (exact) mass is 287 g/mol. The first kappa shape index (κ1) is 14.9. The van der Waals surface area contributed by atoms with Crippen LogP contribution >= 0.6 is 0 Å². The van der Waals surface area contributed by atoms with Crippen LogP contribution in [0, 0.1) is 10.1 Å². The Morgan fingerprint density at radius 1 is 1.43 bits per heavy atom. The molecular weight excluding hydrogens is 270 g/mol. The van der Waals surface area contributed by atoms with E-state index in [0.29, 0.717) is 18.0 Å². The molecule has 6 heteroatoms. The quantitative estimate of drug-likeness (QED) is 0.650. The molecule has 1 aromatic heterocycles. The lowest BCUT2D eigenvalue weighted by Gasteiger charge is -2.07. The van der Waals surface area contributed by atoms with E-state index in [0.717, 1.165) is 12.0 Å². The van der Waals surface area contributed by atoms with Gasteiger partial charge in [0.15, 0.2) is 0 Å². The number of nitro groups is 1. The summed E-state index contributed by atoms with van der Waals surface area (Å²) in [5.41, 5.74) is 7.75. The van der Waals surface area contributed by atoms with Gasteiger partial charge in [0.25, 0.3) is 5.69 Å². The van der Waals surface area contributed by atoms with E-state index >= 15 is 0 Å². The number of oxazole rings is 1. The van der Waals surface area contributed by atoms with Crippen molar-refractivity contribution in [1.82, 2.24) is 4.98 Å². The molecule has 0 radical (unpaired) electrons. The van der Waals surface area contributed by atoms with Crippen molar-refractivity contribution in [1.29, 1.82) is 0 Å². The highest BCUT2D eigenvalue weighted by Gasteiger charge is 2.13. The standard InChI is InChI=1S/C15H17N3O3/c1-2-3-4-15-17-14(10-21-15)13(16)9-11-5-7-12(8-6-11)18(19)20/h3-8,10,13H,2,9,16H2,1H3/b4-3+/t13-/m0/s1. The van der Waals surface area contributed by atoms with Crippen LogP contribution in [0.2, 0.25) is 0 Å². The van der Waals surface area contributed by atoms with Crippen molar-refractivity contribution in [2.45, 2.75) is 25.8 Å². The predicted octanol–water partition coefficient (Wildman–Crippen LogP) is 3.25. The van der Waals surface area contributed by atoms with E-state index in [1.165, 1.54) is 12.1 Å². The summed E-state index contributed by atoms with van der Waals surface area (Å²) in [6, 6.07) is 6.05. The lowest BCUT2D eigenvalue weighted by Crippen LogP contribution is -2.13. The van der Waals surface area contributed by atoms with Gasteiger partial charge in [-0.05, 0) is 24.5 Å². The van der Waals surface area contributed by atoms with Crippen LogP contribution in [0.5, 0.6) is 0 Å². The summed E-state index contributed by atoms with van der Waals surface area (Å²) in [7, 11) is 0. The lowest BCUT2D eigenvalue weighted by atomic mass is 10.0. The lowest BCUT2D eigenvalue weighted by molar-refractivity contribution is -0.384. The average Bonchev–Trinajstić information content (AvgIpc) is 2.94. The Morgan fingerprint density at radius 2 is 2.14 bits per heavy atom. The predicted molar refractivity (Wildman–Crippen MR) is 79.6 cm³/mol. The summed E-state index contributed by atoms with van der Waals surface area (Å²) >= 11 is 0. The fraction of sp³-hybridized carbons (Fsp3) is 0.267. The fourth-order valence-electron chi connectivity index (χ4n) is 1.88. The van der Waals surface area contributed by atoms with E-state index in [1.54, 1.807) is 18.4 Å². The molecule has 2 N–H and O–H groups in total. The summed E-state index contributed by atoms with van der Waals surface area (Å²) in [5.74, 6) is 0.533. The molecule has 2 rings (SSSR count). The second-order valence-electron chi connectivity index (χ2n) is 4.66. The summed E-state index contributed by atoms with van der Waals surface area (Å²) < 4.78 is 5.31. The second-order valence-corrected chi connectivity index (χ2v) is 4.66. The molecule has 1 heterocycles. The van der Waals surface area contributed by atoms with Gasteiger partial charge in [-0.25, -0.2) is 4.98 Å². The molecule has 6 nitrogen and oxygen atoms in total. The van der Waals surface area contributed by atoms with Crippen molar-refractivity contribution in [2.24, 2.45) is 5.73 Å². The molecule has 0 aliphatic rings. The molecule has 0 spiro atoms. The highest BCUT2D eigenvalue weighted by molar-refractivity contribution is 5.38. The van der Waals surface area contributed by atoms with E-state index in [4.69, 9.17) is 10.2 Å². The number of benzene rings is 1. The minimum Gasteiger partial charge on any atom is -0.445 e. The molecule has 1 aromatic carbocycles. The first-order valence-electron chi connectivity index (χ1n) is 6.71. The molecule has 1 atom stereocenters. The molecule has 0 bridgehead atoms. The Hall–Kier alpha value is -2.47. The Morgan fingerprint density at radius 3 is 2.76 bits per heavy atom. The molecule has 0 unspecified atom stereocenters. The molecule has 0 saturated heterocycles. The van der Waals surface area contributed by atoms with Gasteiger partial charge < -0.3 is 10.2 Å². The van der Waals surface area contributed by atoms with Crippen LogP contribution in [0.4, 0.5) is 5.69 Å². The Bertz CT molecular complexity index is 632. The number of non-ortho nitro benzene ring substituents is 1. The van der Waals surface area contributed by atoms with Crippen molar-refractivity contribution in [3.63, 3.8) is 0 Å². The fourth-order valence-corrected chi connectivity index (χ4v) is 1.88. The molecule has 0 aliphatic carbocycles. The van der Waals surface area contributed by atoms with Crippen LogP contribution < -0.4 is 5.73 Å². The third-order valence-electron chi connectivity index (χ3n) is 3.02. The maximum atomic E-state index is 10.6.